The van der Waals surface area contributed by atoms with Crippen LogP contribution >= 0.6 is 24.8 Å². The topological polar surface area (TPSA) is 116 Å². The molecule has 43 heavy (non-hydrogen) atoms. The Hall–Kier alpha value is -1.33. The average molecular weight is 653 g/mol. The molecular formula is C32H59Cl2N3O6. The van der Waals surface area contributed by atoms with Crippen molar-refractivity contribution in [1.82, 2.24) is 10.2 Å². The van der Waals surface area contributed by atoms with Gasteiger partial charge in [0.15, 0.2) is 11.5 Å². The third-order valence-electron chi connectivity index (χ3n) is 8.15. The van der Waals surface area contributed by atoms with Gasteiger partial charge in [-0.1, -0.05) is 33.8 Å². The van der Waals surface area contributed by atoms with Gasteiger partial charge in [0, 0.05) is 57.8 Å². The number of nitrogens with one attached hydrogen (secondary N) is 1. The largest absolute Gasteiger partial charge is 0.493 e. The minimum absolute atomic E-state index is 0. The number of nitrogens with two attached hydrogens (primary N) is 1. The number of nitrogens with zero attached hydrogens (tertiary/aromatic N) is 1. The van der Waals surface area contributed by atoms with Gasteiger partial charge < -0.3 is 35.1 Å². The lowest BCUT2D eigenvalue weighted by atomic mass is 9.80. The number of ether oxygens (including phenoxy) is 4. The summed E-state index contributed by atoms with van der Waals surface area (Å²) >= 11 is 0. The Labute approximate surface area is 272 Å². The maximum Gasteiger partial charge on any atom is 0.223 e. The predicted molar refractivity (Wildman–Crippen MR) is 178 cm³/mol. The van der Waals surface area contributed by atoms with E-state index in [9.17, 15) is 9.90 Å². The number of methoxy groups -OCH3 is 2. The van der Waals surface area contributed by atoms with Gasteiger partial charge in [-0.2, -0.15) is 0 Å². The number of aliphatic hydroxyl groups excluding tert-OH is 1. The van der Waals surface area contributed by atoms with Crippen LogP contribution in [0.5, 0.6) is 11.5 Å². The van der Waals surface area contributed by atoms with E-state index in [0.29, 0.717) is 37.7 Å². The van der Waals surface area contributed by atoms with Crippen LogP contribution in [0.25, 0.3) is 0 Å². The first-order chi connectivity index (χ1) is 19.5. The maximum absolute atomic E-state index is 13.2. The van der Waals surface area contributed by atoms with Crippen molar-refractivity contribution in [3.8, 4) is 11.5 Å². The number of carbonyl (C=O) groups is 1. The molecule has 1 heterocycles. The minimum atomic E-state index is -0.764. The molecule has 1 saturated heterocycles. The van der Waals surface area contributed by atoms with Crippen LogP contribution in [-0.2, 0) is 20.7 Å². The molecule has 0 radical (unpaired) electrons. The summed E-state index contributed by atoms with van der Waals surface area (Å²) in [5.41, 5.74) is 7.74. The normalized spacial score (nSPS) is 17.3. The molecule has 11 heteroatoms. The van der Waals surface area contributed by atoms with Crippen molar-refractivity contribution in [3.05, 3.63) is 23.8 Å². The molecule has 0 aliphatic carbocycles. The summed E-state index contributed by atoms with van der Waals surface area (Å²) in [5.74, 6) is 1.83. The van der Waals surface area contributed by atoms with Gasteiger partial charge >= 0.3 is 0 Å². The van der Waals surface area contributed by atoms with Crippen LogP contribution in [0.4, 0.5) is 0 Å². The molecule has 9 nitrogen and oxygen atoms in total. The summed E-state index contributed by atoms with van der Waals surface area (Å²) in [5, 5.41) is 14.3. The molecule has 5 atom stereocenters. The SMILES string of the molecule is COCCCOc1cc(C[C@@H](C[C@H](N)[C@@H](O)C[C@H](C(=O)NC(C)CN2CCOCC2)C(C)C)C(C)C)ccc1OC.Cl.Cl. The van der Waals surface area contributed by atoms with Crippen molar-refractivity contribution in [2.75, 3.05) is 60.3 Å². The van der Waals surface area contributed by atoms with Crippen molar-refractivity contribution < 1.29 is 28.8 Å². The quantitative estimate of drug-likeness (QED) is 0.189. The number of rotatable bonds is 19. The van der Waals surface area contributed by atoms with E-state index in [0.717, 1.165) is 57.0 Å². The number of hydrogen-bond acceptors (Lipinski definition) is 8. The zero-order valence-corrected chi connectivity index (χ0v) is 29.0. The highest BCUT2D eigenvalue weighted by atomic mass is 35.5. The van der Waals surface area contributed by atoms with E-state index in [2.05, 4.69) is 30.1 Å². The highest BCUT2D eigenvalue weighted by Gasteiger charge is 2.30. The lowest BCUT2D eigenvalue weighted by Crippen LogP contribution is -2.49. The fourth-order valence-electron chi connectivity index (χ4n) is 5.43. The maximum atomic E-state index is 13.2. The van der Waals surface area contributed by atoms with Gasteiger partial charge in [-0.3, -0.25) is 9.69 Å². The van der Waals surface area contributed by atoms with Crippen molar-refractivity contribution in [3.63, 3.8) is 0 Å². The van der Waals surface area contributed by atoms with Crippen molar-refractivity contribution in [2.24, 2.45) is 29.4 Å². The molecule has 0 bridgehead atoms. The zero-order chi connectivity index (χ0) is 30.4. The molecule has 1 unspecified atom stereocenters. The van der Waals surface area contributed by atoms with E-state index in [4.69, 9.17) is 24.7 Å². The molecule has 2 rings (SSSR count). The summed E-state index contributed by atoms with van der Waals surface area (Å²) in [6.07, 6.45) is 1.85. The zero-order valence-electron chi connectivity index (χ0n) is 27.4. The Balaban J connectivity index is 0.00000882. The fraction of sp³-hybridized carbons (Fsp3) is 0.781. The van der Waals surface area contributed by atoms with Crippen LogP contribution in [0.2, 0.25) is 0 Å². The Morgan fingerprint density at radius 2 is 1.70 bits per heavy atom. The number of aliphatic hydroxyl groups is 1. The lowest BCUT2D eigenvalue weighted by molar-refractivity contribution is -0.128. The highest BCUT2D eigenvalue weighted by Crippen LogP contribution is 2.31. The van der Waals surface area contributed by atoms with Crippen LogP contribution in [0, 0.1) is 23.7 Å². The Bertz CT molecular complexity index is 889. The fourth-order valence-corrected chi connectivity index (χ4v) is 5.43. The molecular weight excluding hydrogens is 593 g/mol. The first-order valence-corrected chi connectivity index (χ1v) is 15.4. The number of morpholine rings is 1. The van der Waals surface area contributed by atoms with Gasteiger partial charge in [-0.25, -0.2) is 0 Å². The van der Waals surface area contributed by atoms with Gasteiger partial charge in [0.2, 0.25) is 5.91 Å². The number of hydrogen-bond donors (Lipinski definition) is 3. The molecule has 252 valence electrons. The second kappa shape index (κ2) is 22.2. The second-order valence-corrected chi connectivity index (χ2v) is 12.3. The third-order valence-corrected chi connectivity index (χ3v) is 8.15. The first kappa shape index (κ1) is 41.7. The summed E-state index contributed by atoms with van der Waals surface area (Å²) in [6.45, 7) is 15.7. The van der Waals surface area contributed by atoms with E-state index in [1.165, 1.54) is 0 Å². The summed E-state index contributed by atoms with van der Waals surface area (Å²) < 4.78 is 22.0. The molecule has 4 N–H and O–H groups in total. The molecule has 1 aliphatic rings. The van der Waals surface area contributed by atoms with Gasteiger partial charge in [-0.15, -0.1) is 24.8 Å². The number of benzene rings is 1. The standard InChI is InChI=1S/C32H57N3O6.2ClH/c1-22(2)26(17-25-9-10-30(39-7)31(18-25)41-14-8-13-38-6)19-28(33)29(36)20-27(23(3)4)32(37)34-24(5)21-35-11-15-40-16-12-35;;/h9-10,18,22-24,26-29,36H,8,11-17,19-21,33H2,1-7H3,(H,34,37);2*1H/t24?,26-,27-,28-,29-;;/m0../s1. The molecule has 1 fully saturated rings. The summed E-state index contributed by atoms with van der Waals surface area (Å²) in [6, 6.07) is 5.65. The summed E-state index contributed by atoms with van der Waals surface area (Å²) in [7, 11) is 3.32. The van der Waals surface area contributed by atoms with Gasteiger partial charge in [0.25, 0.3) is 0 Å². The number of halogens is 2. The van der Waals surface area contributed by atoms with E-state index in [-0.39, 0.29) is 54.5 Å². The summed E-state index contributed by atoms with van der Waals surface area (Å²) in [4.78, 5) is 15.5. The molecule has 1 amide bonds. The first-order valence-electron chi connectivity index (χ1n) is 15.4. The van der Waals surface area contributed by atoms with Crippen molar-refractivity contribution >= 4 is 30.7 Å². The van der Waals surface area contributed by atoms with E-state index in [1.54, 1.807) is 14.2 Å². The van der Waals surface area contributed by atoms with Crippen molar-refractivity contribution in [1.29, 1.82) is 0 Å². The number of amides is 1. The van der Waals surface area contributed by atoms with E-state index < -0.39 is 12.1 Å². The van der Waals surface area contributed by atoms with Crippen LogP contribution in [0.15, 0.2) is 18.2 Å². The molecule has 0 spiro atoms. The number of carbonyl (C=O) groups excluding carboxylic acids is 1. The van der Waals surface area contributed by atoms with Crippen LogP contribution in [0.1, 0.15) is 59.4 Å². The van der Waals surface area contributed by atoms with Crippen LogP contribution in [0.3, 0.4) is 0 Å². The smallest absolute Gasteiger partial charge is 0.223 e. The second-order valence-electron chi connectivity index (χ2n) is 12.3. The monoisotopic (exact) mass is 651 g/mol. The third kappa shape index (κ3) is 15.0. The van der Waals surface area contributed by atoms with Gasteiger partial charge in [-0.05, 0) is 61.6 Å². The molecule has 1 aromatic rings. The minimum Gasteiger partial charge on any atom is -0.493 e. The van der Waals surface area contributed by atoms with E-state index in [1.807, 2.05) is 32.9 Å². The molecule has 0 aromatic heterocycles. The van der Waals surface area contributed by atoms with Crippen LogP contribution < -0.4 is 20.5 Å². The lowest BCUT2D eigenvalue weighted by Gasteiger charge is -2.32. The Morgan fingerprint density at radius 3 is 2.28 bits per heavy atom. The predicted octanol–water partition coefficient (Wildman–Crippen LogP) is 4.35. The Morgan fingerprint density at radius 1 is 1.02 bits per heavy atom. The van der Waals surface area contributed by atoms with Crippen LogP contribution in [-0.4, -0.2) is 94.4 Å². The van der Waals surface area contributed by atoms with Gasteiger partial charge in [0.05, 0.1) is 33.0 Å². The highest BCUT2D eigenvalue weighted by molar-refractivity contribution is 5.85. The van der Waals surface area contributed by atoms with Gasteiger partial charge in [0.1, 0.15) is 0 Å². The average Bonchev–Trinajstić information content (AvgIpc) is 2.93. The molecule has 0 saturated carbocycles. The van der Waals surface area contributed by atoms with Crippen molar-refractivity contribution in [2.45, 2.75) is 78.5 Å². The van der Waals surface area contributed by atoms with E-state index >= 15 is 0 Å². The molecule has 1 aromatic carbocycles. The molecule has 1 aliphatic heterocycles. The Kier molecular flexibility index (Phi) is 21.5.